The molecule has 0 aliphatic carbocycles. The minimum Gasteiger partial charge on any atom is -0.497 e. The number of rotatable bonds is 7. The number of hydrogen-bond acceptors (Lipinski definition) is 5. The molecule has 0 radical (unpaired) electrons. The van der Waals surface area contributed by atoms with Crippen molar-refractivity contribution in [2.24, 2.45) is 7.05 Å². The summed E-state index contributed by atoms with van der Waals surface area (Å²) in [5.74, 6) is 1.71. The van der Waals surface area contributed by atoms with E-state index in [0.717, 1.165) is 22.7 Å². The van der Waals surface area contributed by atoms with Gasteiger partial charge in [0.1, 0.15) is 5.75 Å². The number of halogens is 1. The number of carbonyl (C=O) groups is 1. The first-order chi connectivity index (χ1) is 13.5. The molecule has 0 unspecified atom stereocenters. The second kappa shape index (κ2) is 9.12. The van der Waals surface area contributed by atoms with Crippen molar-refractivity contribution in [1.29, 1.82) is 0 Å². The van der Waals surface area contributed by atoms with Crippen molar-refractivity contribution in [3.63, 3.8) is 0 Å². The fourth-order valence-electron chi connectivity index (χ4n) is 2.68. The van der Waals surface area contributed by atoms with E-state index in [1.165, 1.54) is 11.8 Å². The van der Waals surface area contributed by atoms with Gasteiger partial charge in [-0.15, -0.1) is 10.2 Å². The molecule has 3 rings (SSSR count). The standard InChI is InChI=1S/C20H21ClN4O2S/c1-13(14-4-8-16(21)9-5-14)22-18(26)12-28-20-24-23-19(25(20)2)15-6-10-17(27-3)11-7-15/h4-11,13H,12H2,1-3H3,(H,22,26)/t13-/m1/s1. The average molecular weight is 417 g/mol. The molecule has 1 heterocycles. The van der Waals surface area contributed by atoms with E-state index >= 15 is 0 Å². The Hall–Kier alpha value is -2.51. The van der Waals surface area contributed by atoms with E-state index in [1.54, 1.807) is 7.11 Å². The third kappa shape index (κ3) is 4.85. The van der Waals surface area contributed by atoms with Crippen LogP contribution in [0.5, 0.6) is 5.75 Å². The van der Waals surface area contributed by atoms with E-state index in [2.05, 4.69) is 15.5 Å². The monoisotopic (exact) mass is 416 g/mol. The molecule has 0 saturated carbocycles. The summed E-state index contributed by atoms with van der Waals surface area (Å²) in [7, 11) is 3.51. The molecule has 8 heteroatoms. The van der Waals surface area contributed by atoms with Gasteiger partial charge in [-0.3, -0.25) is 4.79 Å². The van der Waals surface area contributed by atoms with Gasteiger partial charge in [0, 0.05) is 17.6 Å². The fourth-order valence-corrected chi connectivity index (χ4v) is 3.53. The summed E-state index contributed by atoms with van der Waals surface area (Å²) in [6.07, 6.45) is 0. The van der Waals surface area contributed by atoms with Crippen LogP contribution < -0.4 is 10.1 Å². The van der Waals surface area contributed by atoms with Crippen LogP contribution in [0.3, 0.4) is 0 Å². The van der Waals surface area contributed by atoms with Gasteiger partial charge in [-0.25, -0.2) is 0 Å². The number of methoxy groups -OCH3 is 1. The van der Waals surface area contributed by atoms with Crippen LogP contribution in [0.1, 0.15) is 18.5 Å². The molecule has 0 bridgehead atoms. The number of benzene rings is 2. The minimum atomic E-state index is -0.0975. The molecule has 0 aliphatic rings. The Labute approximate surface area is 173 Å². The van der Waals surface area contributed by atoms with Crippen LogP contribution >= 0.6 is 23.4 Å². The molecule has 146 valence electrons. The summed E-state index contributed by atoms with van der Waals surface area (Å²) in [4.78, 5) is 12.3. The van der Waals surface area contributed by atoms with E-state index in [4.69, 9.17) is 16.3 Å². The number of carbonyl (C=O) groups excluding carboxylic acids is 1. The van der Waals surface area contributed by atoms with Crippen molar-refractivity contribution >= 4 is 29.3 Å². The molecular weight excluding hydrogens is 396 g/mol. The zero-order valence-corrected chi connectivity index (χ0v) is 17.4. The second-order valence-corrected chi connectivity index (χ2v) is 7.60. The number of amides is 1. The smallest absolute Gasteiger partial charge is 0.230 e. The highest BCUT2D eigenvalue weighted by Gasteiger charge is 2.14. The Bertz CT molecular complexity index is 942. The van der Waals surface area contributed by atoms with Gasteiger partial charge in [0.05, 0.1) is 18.9 Å². The molecule has 1 amide bonds. The van der Waals surface area contributed by atoms with Gasteiger partial charge >= 0.3 is 0 Å². The van der Waals surface area contributed by atoms with E-state index in [0.29, 0.717) is 10.2 Å². The first-order valence-electron chi connectivity index (χ1n) is 8.69. The first-order valence-corrected chi connectivity index (χ1v) is 10.1. The SMILES string of the molecule is COc1ccc(-c2nnc(SCC(=O)N[C@H](C)c3ccc(Cl)cc3)n2C)cc1. The topological polar surface area (TPSA) is 69.0 Å². The molecule has 0 saturated heterocycles. The number of ether oxygens (including phenoxy) is 1. The summed E-state index contributed by atoms with van der Waals surface area (Å²) < 4.78 is 7.05. The predicted octanol–water partition coefficient (Wildman–Crippen LogP) is 4.11. The summed E-state index contributed by atoms with van der Waals surface area (Å²) in [5, 5.41) is 12.8. The quantitative estimate of drug-likeness (QED) is 0.587. The van der Waals surface area contributed by atoms with Crippen LogP contribution in [-0.4, -0.2) is 33.5 Å². The van der Waals surface area contributed by atoms with Crippen molar-refractivity contribution in [3.8, 4) is 17.1 Å². The number of nitrogens with zero attached hydrogens (tertiary/aromatic N) is 3. The molecular formula is C20H21ClN4O2S. The lowest BCUT2D eigenvalue weighted by Gasteiger charge is -2.14. The normalized spacial score (nSPS) is 11.9. The Balaban J connectivity index is 1.59. The third-order valence-electron chi connectivity index (χ3n) is 4.26. The molecule has 0 fully saturated rings. The van der Waals surface area contributed by atoms with Crippen LogP contribution in [-0.2, 0) is 11.8 Å². The van der Waals surface area contributed by atoms with Crippen LogP contribution in [0.15, 0.2) is 53.7 Å². The molecule has 2 aromatic carbocycles. The van der Waals surface area contributed by atoms with Gasteiger partial charge in [0.25, 0.3) is 0 Å². The number of aromatic nitrogens is 3. The summed E-state index contributed by atoms with van der Waals surface area (Å²) in [6, 6.07) is 15.0. The summed E-state index contributed by atoms with van der Waals surface area (Å²) in [5.41, 5.74) is 1.94. The highest BCUT2D eigenvalue weighted by Crippen LogP contribution is 2.24. The van der Waals surface area contributed by atoms with E-state index < -0.39 is 0 Å². The average Bonchev–Trinajstić information content (AvgIpc) is 3.07. The zero-order valence-electron chi connectivity index (χ0n) is 15.8. The van der Waals surface area contributed by atoms with Crippen LogP contribution in [0.2, 0.25) is 5.02 Å². The Kier molecular flexibility index (Phi) is 6.59. The number of hydrogen-bond donors (Lipinski definition) is 1. The maximum Gasteiger partial charge on any atom is 0.230 e. The van der Waals surface area contributed by atoms with Crippen LogP contribution in [0, 0.1) is 0 Å². The van der Waals surface area contributed by atoms with Crippen molar-refractivity contribution in [1.82, 2.24) is 20.1 Å². The summed E-state index contributed by atoms with van der Waals surface area (Å²) in [6.45, 7) is 1.94. The van der Waals surface area contributed by atoms with Crippen molar-refractivity contribution in [3.05, 3.63) is 59.1 Å². The lowest BCUT2D eigenvalue weighted by atomic mass is 10.1. The zero-order chi connectivity index (χ0) is 20.1. The maximum absolute atomic E-state index is 12.3. The molecule has 1 N–H and O–H groups in total. The van der Waals surface area contributed by atoms with Gasteiger partial charge in [-0.1, -0.05) is 35.5 Å². The van der Waals surface area contributed by atoms with Crippen LogP contribution in [0.4, 0.5) is 0 Å². The van der Waals surface area contributed by atoms with Gasteiger partial charge < -0.3 is 14.6 Å². The first kappa shape index (κ1) is 20.2. The molecule has 3 aromatic rings. The maximum atomic E-state index is 12.3. The molecule has 28 heavy (non-hydrogen) atoms. The second-order valence-electron chi connectivity index (χ2n) is 6.22. The summed E-state index contributed by atoms with van der Waals surface area (Å²) >= 11 is 7.25. The lowest BCUT2D eigenvalue weighted by molar-refractivity contribution is -0.119. The molecule has 0 spiro atoms. The molecule has 0 aliphatic heterocycles. The number of nitrogens with one attached hydrogen (secondary N) is 1. The molecule has 1 atom stereocenters. The Morgan fingerprint density at radius 2 is 1.86 bits per heavy atom. The van der Waals surface area contributed by atoms with E-state index in [9.17, 15) is 4.79 Å². The lowest BCUT2D eigenvalue weighted by Crippen LogP contribution is -2.28. The molecule has 6 nitrogen and oxygen atoms in total. The van der Waals surface area contributed by atoms with Gasteiger partial charge in [-0.05, 0) is 48.9 Å². The van der Waals surface area contributed by atoms with Crippen molar-refractivity contribution in [2.75, 3.05) is 12.9 Å². The highest BCUT2D eigenvalue weighted by atomic mass is 35.5. The van der Waals surface area contributed by atoms with E-state index in [1.807, 2.05) is 67.1 Å². The Morgan fingerprint density at radius 1 is 1.18 bits per heavy atom. The van der Waals surface area contributed by atoms with Gasteiger partial charge in [0.2, 0.25) is 5.91 Å². The molecule has 1 aromatic heterocycles. The third-order valence-corrected chi connectivity index (χ3v) is 5.54. The van der Waals surface area contributed by atoms with Crippen molar-refractivity contribution < 1.29 is 9.53 Å². The fraction of sp³-hybridized carbons (Fsp3) is 0.250. The van der Waals surface area contributed by atoms with Crippen LogP contribution in [0.25, 0.3) is 11.4 Å². The minimum absolute atomic E-state index is 0.0681. The van der Waals surface area contributed by atoms with Gasteiger partial charge in [0.15, 0.2) is 11.0 Å². The highest BCUT2D eigenvalue weighted by molar-refractivity contribution is 7.99. The Morgan fingerprint density at radius 3 is 2.50 bits per heavy atom. The van der Waals surface area contributed by atoms with Crippen molar-refractivity contribution in [2.45, 2.75) is 18.1 Å². The van der Waals surface area contributed by atoms with Gasteiger partial charge in [-0.2, -0.15) is 0 Å². The number of thioether (sulfide) groups is 1. The van der Waals surface area contributed by atoms with E-state index in [-0.39, 0.29) is 17.7 Å². The predicted molar refractivity (Wildman–Crippen MR) is 112 cm³/mol. The largest absolute Gasteiger partial charge is 0.497 e.